The smallest absolute Gasteiger partial charge is 0.365 e. The predicted molar refractivity (Wildman–Crippen MR) is 76.6 cm³/mol. The van der Waals surface area contributed by atoms with E-state index in [1.807, 2.05) is 0 Å². The van der Waals surface area contributed by atoms with E-state index in [-0.39, 0.29) is 11.3 Å². The summed E-state index contributed by atoms with van der Waals surface area (Å²) in [5.41, 5.74) is -3.64. The number of carbonyl (C=O) groups is 1. The molecule has 1 aliphatic rings. The molecule has 0 aromatic carbocycles. The Hall–Kier alpha value is -2.81. The maximum Gasteiger partial charge on any atom is 0.431 e. The van der Waals surface area contributed by atoms with Crippen LogP contribution in [0.25, 0.3) is 0 Å². The summed E-state index contributed by atoms with van der Waals surface area (Å²) in [6.07, 6.45) is -1.75. The first-order chi connectivity index (χ1) is 11.3. The number of hydrogen-bond donors (Lipinski definition) is 1. The lowest BCUT2D eigenvalue weighted by Crippen LogP contribution is -2.44. The Bertz CT molecular complexity index is 780. The zero-order valence-electron chi connectivity index (χ0n) is 12.1. The average molecular weight is 336 g/mol. The van der Waals surface area contributed by atoms with Crippen molar-refractivity contribution in [1.29, 1.82) is 0 Å². The van der Waals surface area contributed by atoms with E-state index in [4.69, 9.17) is 0 Å². The van der Waals surface area contributed by atoms with E-state index in [0.717, 1.165) is 0 Å². The highest BCUT2D eigenvalue weighted by Crippen LogP contribution is 2.39. The number of hydrogen-bond acceptors (Lipinski definition) is 5. The number of aliphatic hydroxyl groups is 1. The molecule has 1 atom stereocenters. The van der Waals surface area contributed by atoms with Crippen molar-refractivity contribution in [2.24, 2.45) is 5.10 Å². The van der Waals surface area contributed by atoms with Gasteiger partial charge in [0.15, 0.2) is 5.72 Å². The summed E-state index contributed by atoms with van der Waals surface area (Å²) in [6, 6.07) is 7.21. The van der Waals surface area contributed by atoms with Crippen molar-refractivity contribution in [2.75, 3.05) is 0 Å². The highest BCUT2D eigenvalue weighted by Gasteiger charge is 2.53. The van der Waals surface area contributed by atoms with Gasteiger partial charge in [-0.1, -0.05) is 12.1 Å². The molecule has 1 amide bonds. The molecule has 1 aliphatic heterocycles. The van der Waals surface area contributed by atoms with Gasteiger partial charge in [0.25, 0.3) is 5.91 Å². The molecule has 0 saturated carbocycles. The standard InChI is InChI=1S/C15H11F3N4O2/c16-15(17,18)12-8-14(24,10-4-3-6-19-9-10)22(21-12)13(23)11-5-1-2-7-20-11/h1-7,9,24H,8H2/t14-/m1/s1. The van der Waals surface area contributed by atoms with E-state index < -0.39 is 29.9 Å². The van der Waals surface area contributed by atoms with E-state index in [2.05, 4.69) is 15.1 Å². The maximum absolute atomic E-state index is 13.0. The van der Waals surface area contributed by atoms with E-state index in [1.54, 1.807) is 6.07 Å². The molecule has 3 heterocycles. The zero-order chi connectivity index (χ0) is 17.4. The molecule has 0 bridgehead atoms. The maximum atomic E-state index is 13.0. The van der Waals surface area contributed by atoms with Crippen LogP contribution in [0.5, 0.6) is 0 Å². The SMILES string of the molecule is O=C(c1ccccn1)N1N=C(C(F)(F)F)C[C@@]1(O)c1cccnc1. The Morgan fingerprint density at radius 2 is 2.00 bits per heavy atom. The van der Waals surface area contributed by atoms with Gasteiger partial charge in [0.2, 0.25) is 0 Å². The third-order valence-electron chi connectivity index (χ3n) is 3.51. The van der Waals surface area contributed by atoms with E-state index in [9.17, 15) is 23.1 Å². The molecule has 0 saturated heterocycles. The van der Waals surface area contributed by atoms with Gasteiger partial charge in [-0.15, -0.1) is 0 Å². The van der Waals surface area contributed by atoms with Gasteiger partial charge in [-0.2, -0.15) is 23.3 Å². The molecule has 1 N–H and O–H groups in total. The van der Waals surface area contributed by atoms with Crippen LogP contribution in [0.1, 0.15) is 22.5 Å². The monoisotopic (exact) mass is 336 g/mol. The van der Waals surface area contributed by atoms with Crippen LogP contribution < -0.4 is 0 Å². The highest BCUT2D eigenvalue weighted by molar-refractivity contribution is 5.98. The third kappa shape index (κ3) is 2.73. The molecule has 0 fully saturated rings. The number of carbonyl (C=O) groups excluding carboxylic acids is 1. The van der Waals surface area contributed by atoms with Crippen molar-refractivity contribution >= 4 is 11.6 Å². The Morgan fingerprint density at radius 1 is 1.21 bits per heavy atom. The van der Waals surface area contributed by atoms with Gasteiger partial charge >= 0.3 is 6.18 Å². The minimum absolute atomic E-state index is 0.0253. The van der Waals surface area contributed by atoms with Crippen molar-refractivity contribution in [3.05, 3.63) is 60.2 Å². The molecule has 124 valence electrons. The lowest BCUT2D eigenvalue weighted by Gasteiger charge is -2.30. The van der Waals surface area contributed by atoms with Gasteiger partial charge in [-0.25, -0.2) is 0 Å². The molecule has 2 aromatic heterocycles. The third-order valence-corrected chi connectivity index (χ3v) is 3.51. The van der Waals surface area contributed by atoms with E-state index in [0.29, 0.717) is 5.01 Å². The molecule has 0 unspecified atom stereocenters. The van der Waals surface area contributed by atoms with Crippen molar-refractivity contribution in [1.82, 2.24) is 15.0 Å². The van der Waals surface area contributed by atoms with Crippen LogP contribution in [0.15, 0.2) is 54.0 Å². The van der Waals surface area contributed by atoms with Crippen LogP contribution in [0, 0.1) is 0 Å². The van der Waals surface area contributed by atoms with Crippen LogP contribution in [0.3, 0.4) is 0 Å². The fraction of sp³-hybridized carbons (Fsp3) is 0.200. The van der Waals surface area contributed by atoms with Gasteiger partial charge in [0.05, 0.1) is 6.42 Å². The zero-order valence-corrected chi connectivity index (χ0v) is 12.1. The molecule has 24 heavy (non-hydrogen) atoms. The molecule has 2 aromatic rings. The number of amides is 1. The summed E-state index contributed by atoms with van der Waals surface area (Å²) < 4.78 is 39.1. The first kappa shape index (κ1) is 16.1. The fourth-order valence-corrected chi connectivity index (χ4v) is 2.34. The summed E-state index contributed by atoms with van der Waals surface area (Å²) in [5.74, 6) is -0.943. The number of nitrogens with zero attached hydrogens (tertiary/aromatic N) is 4. The molecular weight excluding hydrogens is 325 g/mol. The molecule has 0 aliphatic carbocycles. The summed E-state index contributed by atoms with van der Waals surface area (Å²) in [4.78, 5) is 20.1. The van der Waals surface area contributed by atoms with Crippen LogP contribution in [-0.2, 0) is 5.72 Å². The normalized spacial score (nSPS) is 20.8. The predicted octanol–water partition coefficient (Wildman–Crippen LogP) is 2.09. The first-order valence-corrected chi connectivity index (χ1v) is 6.85. The number of halogens is 3. The summed E-state index contributed by atoms with van der Waals surface area (Å²) >= 11 is 0. The molecule has 9 heteroatoms. The van der Waals surface area contributed by atoms with Crippen LogP contribution in [0.4, 0.5) is 13.2 Å². The van der Waals surface area contributed by atoms with E-state index in [1.165, 1.54) is 42.9 Å². The van der Waals surface area contributed by atoms with Gasteiger partial charge in [-0.05, 0) is 18.2 Å². The van der Waals surface area contributed by atoms with Crippen LogP contribution in [0.2, 0.25) is 0 Å². The topological polar surface area (TPSA) is 78.7 Å². The number of aromatic nitrogens is 2. The minimum atomic E-state index is -4.77. The molecular formula is C15H11F3N4O2. The fourth-order valence-electron chi connectivity index (χ4n) is 2.34. The van der Waals surface area contributed by atoms with Gasteiger partial charge < -0.3 is 5.11 Å². The summed E-state index contributed by atoms with van der Waals surface area (Å²) in [5, 5.41) is 14.5. The molecule has 3 rings (SSSR count). The summed E-state index contributed by atoms with van der Waals surface area (Å²) in [7, 11) is 0. The Kier molecular flexibility index (Phi) is 3.80. The van der Waals surface area contributed by atoms with E-state index >= 15 is 0 Å². The van der Waals surface area contributed by atoms with Crippen LogP contribution >= 0.6 is 0 Å². The van der Waals surface area contributed by atoms with Crippen molar-refractivity contribution < 1.29 is 23.1 Å². The lowest BCUT2D eigenvalue weighted by atomic mass is 9.98. The second-order valence-electron chi connectivity index (χ2n) is 5.11. The van der Waals surface area contributed by atoms with Crippen LogP contribution in [-0.4, -0.2) is 37.9 Å². The number of pyridine rings is 2. The molecule has 0 radical (unpaired) electrons. The Morgan fingerprint density at radius 3 is 2.58 bits per heavy atom. The van der Waals surface area contributed by atoms with Crippen molar-refractivity contribution in [3.8, 4) is 0 Å². The number of rotatable bonds is 2. The first-order valence-electron chi connectivity index (χ1n) is 6.85. The number of alkyl halides is 3. The largest absolute Gasteiger partial charge is 0.431 e. The second-order valence-corrected chi connectivity index (χ2v) is 5.11. The Labute approximate surface area is 134 Å². The molecule has 6 nitrogen and oxygen atoms in total. The lowest BCUT2D eigenvalue weighted by molar-refractivity contribution is -0.0819. The van der Waals surface area contributed by atoms with Crippen molar-refractivity contribution in [3.63, 3.8) is 0 Å². The summed E-state index contributed by atoms with van der Waals surface area (Å²) in [6.45, 7) is 0. The quantitative estimate of drug-likeness (QED) is 0.911. The Balaban J connectivity index is 2.07. The van der Waals surface area contributed by atoms with Gasteiger partial charge in [-0.3, -0.25) is 14.8 Å². The highest BCUT2D eigenvalue weighted by atomic mass is 19.4. The minimum Gasteiger partial charge on any atom is -0.365 e. The van der Waals surface area contributed by atoms with Gasteiger partial charge in [0, 0.05) is 24.2 Å². The average Bonchev–Trinajstić information content (AvgIpc) is 2.95. The molecule has 0 spiro atoms. The van der Waals surface area contributed by atoms with Crippen molar-refractivity contribution in [2.45, 2.75) is 18.3 Å². The number of hydrazone groups is 1. The van der Waals surface area contributed by atoms with Gasteiger partial charge in [0.1, 0.15) is 11.4 Å². The second kappa shape index (κ2) is 5.68.